The Hall–Kier alpha value is -0.500. The van der Waals surface area contributed by atoms with E-state index in [-0.39, 0.29) is 19.3 Å². The third-order valence-corrected chi connectivity index (χ3v) is 11.5. The van der Waals surface area contributed by atoms with E-state index in [4.69, 9.17) is 24.4 Å². The molecule has 6 heteroatoms. The number of fused-ring (bicyclic) bond motifs is 5. The van der Waals surface area contributed by atoms with Crippen LogP contribution in [-0.4, -0.2) is 74.3 Å². The standard InChI is InChI=1S/C27H46O.C8H18O5/c1-18(2)7-6-8-19(3)23-11-12-24-22-10-9-20-17-21(28)13-15-26(20,4)25(22)14-16-27(23,24)5;9-1-3-11-5-7-13-8-6-12-4-2-10/h9,18-19,21-25,28H,6-8,10-17H2,1-5H3;9-10H,1-8H2/t19-,21?,22+,23-,24+,25+,26+,27-;/m1./s1. The Kier molecular flexibility index (Phi) is 14.6. The van der Waals surface area contributed by atoms with E-state index in [0.29, 0.717) is 50.5 Å². The molecule has 6 nitrogen and oxygen atoms in total. The zero-order valence-electron chi connectivity index (χ0n) is 27.1. The first-order chi connectivity index (χ1) is 19.7. The second-order valence-electron chi connectivity index (χ2n) is 14.5. The molecule has 41 heavy (non-hydrogen) atoms. The number of ether oxygens (including phenoxy) is 3. The molecule has 3 fully saturated rings. The van der Waals surface area contributed by atoms with E-state index in [0.717, 1.165) is 48.3 Å². The van der Waals surface area contributed by atoms with Gasteiger partial charge in [-0.1, -0.05) is 65.5 Å². The molecule has 8 atom stereocenters. The van der Waals surface area contributed by atoms with Gasteiger partial charge < -0.3 is 29.5 Å². The van der Waals surface area contributed by atoms with Crippen LogP contribution in [0.15, 0.2) is 11.6 Å². The molecule has 4 aliphatic rings. The molecule has 0 aromatic rings. The lowest BCUT2D eigenvalue weighted by Gasteiger charge is -2.58. The first-order valence-electron chi connectivity index (χ1n) is 17.0. The summed E-state index contributed by atoms with van der Waals surface area (Å²) in [6, 6.07) is 0. The van der Waals surface area contributed by atoms with Crippen LogP contribution in [0.3, 0.4) is 0 Å². The second kappa shape index (κ2) is 17.1. The van der Waals surface area contributed by atoms with Gasteiger partial charge in [0.15, 0.2) is 0 Å². The van der Waals surface area contributed by atoms with Crippen molar-refractivity contribution in [2.75, 3.05) is 52.9 Å². The van der Waals surface area contributed by atoms with Crippen LogP contribution >= 0.6 is 0 Å². The van der Waals surface area contributed by atoms with Gasteiger partial charge in [0.05, 0.1) is 59.0 Å². The quantitative estimate of drug-likeness (QED) is 0.153. The molecule has 0 spiro atoms. The van der Waals surface area contributed by atoms with Gasteiger partial charge in [-0.3, -0.25) is 0 Å². The molecule has 0 aromatic carbocycles. The highest BCUT2D eigenvalue weighted by Gasteiger charge is 2.59. The number of hydrogen-bond acceptors (Lipinski definition) is 6. The van der Waals surface area contributed by atoms with Crippen molar-refractivity contribution in [1.29, 1.82) is 0 Å². The Bertz CT molecular complexity index is 760. The first kappa shape index (κ1) is 35.0. The molecule has 4 aliphatic carbocycles. The number of aliphatic hydroxyl groups excluding tert-OH is 3. The number of aliphatic hydroxyl groups is 3. The second-order valence-corrected chi connectivity index (χ2v) is 14.5. The fourth-order valence-corrected chi connectivity index (χ4v) is 9.34. The van der Waals surface area contributed by atoms with Crippen molar-refractivity contribution in [2.24, 2.45) is 46.3 Å². The molecule has 0 bridgehead atoms. The van der Waals surface area contributed by atoms with Crippen LogP contribution < -0.4 is 0 Å². The van der Waals surface area contributed by atoms with E-state index < -0.39 is 0 Å². The molecule has 0 aliphatic heterocycles. The molecule has 0 amide bonds. The zero-order valence-corrected chi connectivity index (χ0v) is 27.1. The van der Waals surface area contributed by atoms with Gasteiger partial charge >= 0.3 is 0 Å². The molecule has 3 saturated carbocycles. The molecule has 0 heterocycles. The Balaban J connectivity index is 0.000000302. The normalized spacial score (nSPS) is 35.1. The molecular weight excluding hydrogens is 516 g/mol. The molecule has 0 radical (unpaired) electrons. The van der Waals surface area contributed by atoms with E-state index in [1.54, 1.807) is 5.57 Å². The zero-order chi connectivity index (χ0) is 29.9. The fourth-order valence-electron chi connectivity index (χ4n) is 9.34. The maximum atomic E-state index is 10.2. The van der Waals surface area contributed by atoms with Gasteiger partial charge in [-0.25, -0.2) is 0 Å². The highest BCUT2D eigenvalue weighted by molar-refractivity contribution is 5.25. The van der Waals surface area contributed by atoms with Gasteiger partial charge in [0.1, 0.15) is 0 Å². The third-order valence-electron chi connectivity index (χ3n) is 11.5. The largest absolute Gasteiger partial charge is 0.394 e. The minimum absolute atomic E-state index is 0.0413. The topological polar surface area (TPSA) is 88.4 Å². The van der Waals surface area contributed by atoms with E-state index in [2.05, 4.69) is 40.7 Å². The summed E-state index contributed by atoms with van der Waals surface area (Å²) in [5.41, 5.74) is 2.60. The first-order valence-corrected chi connectivity index (χ1v) is 17.0. The lowest BCUT2D eigenvalue weighted by atomic mass is 9.47. The van der Waals surface area contributed by atoms with Crippen molar-refractivity contribution in [3.05, 3.63) is 11.6 Å². The summed E-state index contributed by atoms with van der Waals surface area (Å²) in [5, 5.41) is 26.9. The van der Waals surface area contributed by atoms with Crippen LogP contribution in [0.25, 0.3) is 0 Å². The van der Waals surface area contributed by atoms with Gasteiger partial charge in [-0.05, 0) is 97.7 Å². The average Bonchev–Trinajstić information content (AvgIpc) is 3.30. The molecule has 0 aromatic heterocycles. The predicted molar refractivity (Wildman–Crippen MR) is 166 cm³/mol. The van der Waals surface area contributed by atoms with Crippen molar-refractivity contribution >= 4 is 0 Å². The summed E-state index contributed by atoms with van der Waals surface area (Å²) in [5.74, 6) is 5.46. The number of hydrogen-bond donors (Lipinski definition) is 3. The molecule has 1 unspecified atom stereocenters. The Morgan fingerprint density at radius 2 is 1.44 bits per heavy atom. The molecule has 3 N–H and O–H groups in total. The van der Waals surface area contributed by atoms with Gasteiger partial charge in [-0.15, -0.1) is 0 Å². The Morgan fingerprint density at radius 3 is 2.05 bits per heavy atom. The minimum Gasteiger partial charge on any atom is -0.394 e. The number of allylic oxidation sites excluding steroid dienone is 1. The third kappa shape index (κ3) is 9.25. The van der Waals surface area contributed by atoms with Crippen LogP contribution in [0.2, 0.25) is 0 Å². The molecular formula is C35H64O6. The van der Waals surface area contributed by atoms with Gasteiger partial charge in [-0.2, -0.15) is 0 Å². The van der Waals surface area contributed by atoms with Crippen molar-refractivity contribution in [3.63, 3.8) is 0 Å². The summed E-state index contributed by atoms with van der Waals surface area (Å²) in [7, 11) is 0. The van der Waals surface area contributed by atoms with E-state index in [1.807, 2.05) is 0 Å². The van der Waals surface area contributed by atoms with Crippen molar-refractivity contribution in [2.45, 2.75) is 111 Å². The summed E-state index contributed by atoms with van der Waals surface area (Å²) in [4.78, 5) is 0. The van der Waals surface area contributed by atoms with Crippen LogP contribution in [0, 0.1) is 46.3 Å². The maximum absolute atomic E-state index is 10.2. The highest BCUT2D eigenvalue weighted by atomic mass is 16.5. The maximum Gasteiger partial charge on any atom is 0.0701 e. The summed E-state index contributed by atoms with van der Waals surface area (Å²) in [6.45, 7) is 15.3. The lowest BCUT2D eigenvalue weighted by Crippen LogP contribution is -2.50. The predicted octanol–water partition coefficient (Wildman–Crippen LogP) is 6.41. The van der Waals surface area contributed by atoms with Crippen LogP contribution in [0.1, 0.15) is 105 Å². The van der Waals surface area contributed by atoms with E-state index in [1.165, 1.54) is 57.8 Å². The minimum atomic E-state index is -0.0766. The van der Waals surface area contributed by atoms with Gasteiger partial charge in [0, 0.05) is 0 Å². The van der Waals surface area contributed by atoms with E-state index >= 15 is 0 Å². The summed E-state index contributed by atoms with van der Waals surface area (Å²) in [6.07, 6.45) is 17.2. The van der Waals surface area contributed by atoms with Crippen LogP contribution in [0.5, 0.6) is 0 Å². The smallest absolute Gasteiger partial charge is 0.0701 e. The highest BCUT2D eigenvalue weighted by Crippen LogP contribution is 2.67. The van der Waals surface area contributed by atoms with Gasteiger partial charge in [0.2, 0.25) is 0 Å². The molecule has 0 saturated heterocycles. The van der Waals surface area contributed by atoms with E-state index in [9.17, 15) is 5.11 Å². The SMILES string of the molecule is CC(C)CCC[C@@H](C)[C@H]1CC[C@H]2[C@@H]3CC=C4CC(O)CC[C@]4(C)[C@H]3CC[C@]12C.OCCOCCOCCOCCO. The van der Waals surface area contributed by atoms with Crippen LogP contribution in [-0.2, 0) is 14.2 Å². The number of rotatable bonds is 15. The summed E-state index contributed by atoms with van der Waals surface area (Å²) < 4.78 is 15.0. The Labute approximate surface area is 251 Å². The van der Waals surface area contributed by atoms with Crippen LogP contribution in [0.4, 0.5) is 0 Å². The summed E-state index contributed by atoms with van der Waals surface area (Å²) >= 11 is 0. The van der Waals surface area contributed by atoms with Gasteiger partial charge in [0.25, 0.3) is 0 Å². The molecule has 4 rings (SSSR count). The molecule has 240 valence electrons. The van der Waals surface area contributed by atoms with Crippen molar-refractivity contribution in [3.8, 4) is 0 Å². The Morgan fingerprint density at radius 1 is 0.805 bits per heavy atom. The fraction of sp³-hybridized carbons (Fsp3) is 0.943. The van der Waals surface area contributed by atoms with Crippen molar-refractivity contribution in [1.82, 2.24) is 0 Å². The lowest BCUT2D eigenvalue weighted by molar-refractivity contribution is -0.0573. The van der Waals surface area contributed by atoms with Crippen molar-refractivity contribution < 1.29 is 29.5 Å². The average molecular weight is 581 g/mol. The monoisotopic (exact) mass is 580 g/mol.